The lowest BCUT2D eigenvalue weighted by Gasteiger charge is -2.17. The number of rotatable bonds is 9. The minimum absolute atomic E-state index is 0.157. The molecule has 0 aliphatic rings. The molecule has 2 rings (SSSR count). The molecule has 0 aliphatic carbocycles. The number of benzene rings is 2. The molecule has 5 nitrogen and oxygen atoms in total. The standard InChI is InChI=1S/C21H22ClNO4S/c1-14(24)19(12-16-6-4-3-5-7-16)23-20(25)13-27-21(26)15(2)28-18-10-8-17(22)9-11-18/h3-11,15,19H,12-13H2,1-2H3,(H,23,25)/t15-,19-/m0/s1. The summed E-state index contributed by atoms with van der Waals surface area (Å²) in [6, 6.07) is 15.8. The van der Waals surface area contributed by atoms with Crippen LogP contribution >= 0.6 is 23.4 Å². The molecule has 0 saturated carbocycles. The normalized spacial score (nSPS) is 12.7. The van der Waals surface area contributed by atoms with Crippen molar-refractivity contribution in [2.24, 2.45) is 0 Å². The lowest BCUT2D eigenvalue weighted by Crippen LogP contribution is -2.43. The number of amides is 1. The first-order chi connectivity index (χ1) is 13.3. The van der Waals surface area contributed by atoms with Gasteiger partial charge in [-0.25, -0.2) is 0 Å². The predicted octanol–water partition coefficient (Wildman–Crippen LogP) is 3.68. The van der Waals surface area contributed by atoms with Gasteiger partial charge in [0.05, 0.1) is 6.04 Å². The zero-order valence-corrected chi connectivity index (χ0v) is 17.3. The Balaban J connectivity index is 1.81. The zero-order valence-electron chi connectivity index (χ0n) is 15.7. The number of ketones is 1. The van der Waals surface area contributed by atoms with Crippen LogP contribution in [-0.4, -0.2) is 35.6 Å². The van der Waals surface area contributed by atoms with Crippen molar-refractivity contribution in [1.29, 1.82) is 0 Å². The first kappa shape index (κ1) is 22.0. The van der Waals surface area contributed by atoms with Crippen LogP contribution in [0.5, 0.6) is 0 Å². The van der Waals surface area contributed by atoms with Crippen molar-refractivity contribution < 1.29 is 19.1 Å². The molecule has 148 valence electrons. The quantitative estimate of drug-likeness (QED) is 0.495. The van der Waals surface area contributed by atoms with Gasteiger partial charge >= 0.3 is 5.97 Å². The summed E-state index contributed by atoms with van der Waals surface area (Å²) in [5, 5.41) is 2.76. The Morgan fingerprint density at radius 1 is 1.07 bits per heavy atom. The third kappa shape index (κ3) is 7.37. The molecule has 0 fully saturated rings. The maximum absolute atomic E-state index is 12.1. The number of ether oxygens (including phenoxy) is 1. The summed E-state index contributed by atoms with van der Waals surface area (Å²) in [5.41, 5.74) is 0.938. The molecule has 0 spiro atoms. The molecule has 0 bridgehead atoms. The summed E-state index contributed by atoms with van der Waals surface area (Å²) in [4.78, 5) is 36.9. The molecule has 28 heavy (non-hydrogen) atoms. The van der Waals surface area contributed by atoms with Crippen LogP contribution in [0.15, 0.2) is 59.5 Å². The van der Waals surface area contributed by atoms with E-state index in [9.17, 15) is 14.4 Å². The van der Waals surface area contributed by atoms with E-state index in [-0.39, 0.29) is 5.78 Å². The number of nitrogens with one attached hydrogen (secondary N) is 1. The molecule has 2 aromatic carbocycles. The van der Waals surface area contributed by atoms with Gasteiger partial charge in [-0.15, -0.1) is 11.8 Å². The van der Waals surface area contributed by atoms with E-state index in [0.29, 0.717) is 11.4 Å². The monoisotopic (exact) mass is 419 g/mol. The first-order valence-corrected chi connectivity index (χ1v) is 10.0. The van der Waals surface area contributed by atoms with Crippen molar-refractivity contribution in [3.8, 4) is 0 Å². The lowest BCUT2D eigenvalue weighted by molar-refractivity contribution is -0.148. The molecule has 0 saturated heterocycles. The lowest BCUT2D eigenvalue weighted by atomic mass is 10.0. The highest BCUT2D eigenvalue weighted by Gasteiger charge is 2.21. The van der Waals surface area contributed by atoms with E-state index < -0.39 is 29.8 Å². The maximum atomic E-state index is 12.1. The molecular formula is C21H22ClNO4S. The van der Waals surface area contributed by atoms with Gasteiger partial charge in [-0.3, -0.25) is 14.4 Å². The van der Waals surface area contributed by atoms with E-state index >= 15 is 0 Å². The molecular weight excluding hydrogens is 398 g/mol. The molecule has 2 atom stereocenters. The summed E-state index contributed by atoms with van der Waals surface area (Å²) < 4.78 is 5.08. The van der Waals surface area contributed by atoms with E-state index in [0.717, 1.165) is 10.5 Å². The van der Waals surface area contributed by atoms with Crippen LogP contribution in [-0.2, 0) is 25.5 Å². The Morgan fingerprint density at radius 3 is 2.32 bits per heavy atom. The number of hydrogen-bond donors (Lipinski definition) is 1. The van der Waals surface area contributed by atoms with E-state index in [2.05, 4.69) is 5.32 Å². The van der Waals surface area contributed by atoms with Crippen molar-refractivity contribution in [2.45, 2.75) is 36.5 Å². The average Bonchev–Trinajstić information content (AvgIpc) is 2.68. The van der Waals surface area contributed by atoms with Gasteiger partial charge in [-0.05, 0) is 50.1 Å². The van der Waals surface area contributed by atoms with Gasteiger partial charge in [0, 0.05) is 9.92 Å². The topological polar surface area (TPSA) is 72.5 Å². The Labute approximate surface area is 173 Å². The fraction of sp³-hybridized carbons (Fsp3) is 0.286. The summed E-state index contributed by atoms with van der Waals surface area (Å²) >= 11 is 7.15. The van der Waals surface area contributed by atoms with Gasteiger partial charge in [0.1, 0.15) is 5.25 Å². The average molecular weight is 420 g/mol. The van der Waals surface area contributed by atoms with Crippen LogP contribution < -0.4 is 5.32 Å². The molecule has 0 unspecified atom stereocenters. The van der Waals surface area contributed by atoms with Gasteiger partial charge in [-0.1, -0.05) is 41.9 Å². The summed E-state index contributed by atoms with van der Waals surface area (Å²) in [6.07, 6.45) is 0.388. The molecule has 0 aliphatic heterocycles. The minimum Gasteiger partial charge on any atom is -0.455 e. The van der Waals surface area contributed by atoms with Crippen molar-refractivity contribution in [3.63, 3.8) is 0 Å². The number of carbonyl (C=O) groups is 3. The summed E-state index contributed by atoms with van der Waals surface area (Å²) in [7, 11) is 0. The number of carbonyl (C=O) groups excluding carboxylic acids is 3. The number of halogens is 1. The predicted molar refractivity (Wildman–Crippen MR) is 110 cm³/mol. The van der Waals surface area contributed by atoms with Crippen molar-refractivity contribution in [3.05, 3.63) is 65.2 Å². The Morgan fingerprint density at radius 2 is 1.71 bits per heavy atom. The summed E-state index contributed by atoms with van der Waals surface area (Å²) in [5.74, 6) is -1.17. The second kappa shape index (κ2) is 10.9. The highest BCUT2D eigenvalue weighted by molar-refractivity contribution is 8.00. The molecule has 7 heteroatoms. The van der Waals surface area contributed by atoms with E-state index in [4.69, 9.17) is 16.3 Å². The van der Waals surface area contributed by atoms with E-state index in [1.54, 1.807) is 19.1 Å². The Bertz CT molecular complexity index is 811. The largest absolute Gasteiger partial charge is 0.455 e. The van der Waals surface area contributed by atoms with Crippen LogP contribution in [0.25, 0.3) is 0 Å². The third-order valence-corrected chi connectivity index (χ3v) is 5.25. The number of hydrogen-bond acceptors (Lipinski definition) is 5. The van der Waals surface area contributed by atoms with Crippen molar-refractivity contribution >= 4 is 41.0 Å². The van der Waals surface area contributed by atoms with E-state index in [1.807, 2.05) is 42.5 Å². The fourth-order valence-electron chi connectivity index (χ4n) is 2.40. The molecule has 1 N–H and O–H groups in total. The first-order valence-electron chi connectivity index (χ1n) is 8.77. The third-order valence-electron chi connectivity index (χ3n) is 3.91. The highest BCUT2D eigenvalue weighted by Crippen LogP contribution is 2.25. The van der Waals surface area contributed by atoms with Crippen LogP contribution in [0.1, 0.15) is 19.4 Å². The van der Waals surface area contributed by atoms with Crippen LogP contribution in [0.4, 0.5) is 0 Å². The van der Waals surface area contributed by atoms with Crippen LogP contribution in [0, 0.1) is 0 Å². The minimum atomic E-state index is -0.658. The smallest absolute Gasteiger partial charge is 0.319 e. The molecule has 1 amide bonds. The second-order valence-electron chi connectivity index (χ2n) is 6.24. The molecule has 0 aromatic heterocycles. The van der Waals surface area contributed by atoms with Gasteiger partial charge in [0.25, 0.3) is 5.91 Å². The van der Waals surface area contributed by atoms with Gasteiger partial charge < -0.3 is 10.1 Å². The summed E-state index contributed by atoms with van der Waals surface area (Å²) in [6.45, 7) is 2.70. The number of Topliss-reactive ketones (excluding diaryl/α,β-unsaturated/α-hetero) is 1. The molecule has 0 radical (unpaired) electrons. The second-order valence-corrected chi connectivity index (χ2v) is 8.09. The van der Waals surface area contributed by atoms with Gasteiger partial charge in [0.2, 0.25) is 0 Å². The van der Waals surface area contributed by atoms with Crippen LogP contribution in [0.2, 0.25) is 5.02 Å². The Kier molecular flexibility index (Phi) is 8.54. The molecule has 0 heterocycles. The SMILES string of the molecule is CC(=O)[C@H](Cc1ccccc1)NC(=O)COC(=O)[C@H](C)Sc1ccc(Cl)cc1. The fourth-order valence-corrected chi connectivity index (χ4v) is 3.39. The van der Waals surface area contributed by atoms with E-state index in [1.165, 1.54) is 18.7 Å². The van der Waals surface area contributed by atoms with Gasteiger partial charge in [-0.2, -0.15) is 0 Å². The van der Waals surface area contributed by atoms with Crippen LogP contribution in [0.3, 0.4) is 0 Å². The van der Waals surface area contributed by atoms with Crippen molar-refractivity contribution in [2.75, 3.05) is 6.61 Å². The number of thioether (sulfide) groups is 1. The molecule has 2 aromatic rings. The van der Waals surface area contributed by atoms with Crippen molar-refractivity contribution in [1.82, 2.24) is 5.32 Å². The number of esters is 1. The maximum Gasteiger partial charge on any atom is 0.319 e. The van der Waals surface area contributed by atoms with Gasteiger partial charge in [0.15, 0.2) is 12.4 Å². The Hall–Kier alpha value is -2.31. The zero-order chi connectivity index (χ0) is 20.5. The highest BCUT2D eigenvalue weighted by atomic mass is 35.5.